The molecule has 3 aromatic heterocycles. The number of nitriles is 1. The molecular weight excluding hydrogens is 459 g/mol. The molecule has 5 rings (SSSR count). The predicted molar refractivity (Wildman–Crippen MR) is 126 cm³/mol. The summed E-state index contributed by atoms with van der Waals surface area (Å²) in [5.41, 5.74) is 6.51. The minimum absolute atomic E-state index is 0.00886. The summed E-state index contributed by atoms with van der Waals surface area (Å²) in [7, 11) is 0. The first kappa shape index (κ1) is 21.9. The lowest BCUT2D eigenvalue weighted by Gasteiger charge is -2.31. The smallest absolute Gasteiger partial charge is 0.284 e. The van der Waals surface area contributed by atoms with Crippen molar-refractivity contribution in [1.82, 2.24) is 24.1 Å². The van der Waals surface area contributed by atoms with Crippen LogP contribution in [0, 0.1) is 11.3 Å². The van der Waals surface area contributed by atoms with Gasteiger partial charge in [0.25, 0.3) is 5.56 Å². The van der Waals surface area contributed by atoms with Gasteiger partial charge >= 0.3 is 0 Å². The number of benzene rings is 1. The van der Waals surface area contributed by atoms with Gasteiger partial charge in [0.15, 0.2) is 5.82 Å². The van der Waals surface area contributed by atoms with E-state index in [1.807, 2.05) is 25.1 Å². The zero-order valence-electron chi connectivity index (χ0n) is 18.1. The van der Waals surface area contributed by atoms with E-state index < -0.39 is 18.1 Å². The SMILES string of the molecule is CC(c1nn2ccc(Cl)c2c(=O)n1-c1ccccc1)C1CC(F)CN1c1nc(N)ncc1C#N. The van der Waals surface area contributed by atoms with E-state index in [0.29, 0.717) is 16.5 Å². The van der Waals surface area contributed by atoms with Gasteiger partial charge in [-0.2, -0.15) is 15.3 Å². The molecule has 0 bridgehead atoms. The first-order valence-corrected chi connectivity index (χ1v) is 11.1. The topological polar surface area (TPSA) is 118 Å². The molecule has 11 heteroatoms. The highest BCUT2D eigenvalue weighted by Gasteiger charge is 2.40. The number of nitrogens with zero attached hydrogens (tertiary/aromatic N) is 7. The number of nitrogen functional groups attached to an aromatic ring is 1. The molecular formula is C23H20ClFN8O. The number of fused-ring (bicyclic) bond motifs is 1. The Morgan fingerprint density at radius 2 is 2.06 bits per heavy atom. The van der Waals surface area contributed by atoms with Crippen LogP contribution in [0.2, 0.25) is 5.02 Å². The van der Waals surface area contributed by atoms with Gasteiger partial charge in [-0.3, -0.25) is 9.36 Å². The van der Waals surface area contributed by atoms with E-state index in [1.54, 1.807) is 29.3 Å². The lowest BCUT2D eigenvalue weighted by molar-refractivity contribution is 0.349. The molecule has 0 amide bonds. The molecule has 172 valence electrons. The van der Waals surface area contributed by atoms with Crippen molar-refractivity contribution in [3.8, 4) is 11.8 Å². The molecule has 1 aliphatic heterocycles. The maximum atomic E-state index is 14.8. The van der Waals surface area contributed by atoms with Crippen LogP contribution in [0.25, 0.3) is 11.2 Å². The first-order chi connectivity index (χ1) is 16.4. The second-order valence-electron chi connectivity index (χ2n) is 8.21. The van der Waals surface area contributed by atoms with Crippen LogP contribution >= 0.6 is 11.6 Å². The number of para-hydroxylation sites is 1. The van der Waals surface area contributed by atoms with Crippen LogP contribution in [-0.2, 0) is 0 Å². The third-order valence-corrected chi connectivity index (χ3v) is 6.44. The van der Waals surface area contributed by atoms with Crippen molar-refractivity contribution in [2.24, 2.45) is 0 Å². The molecule has 0 saturated carbocycles. The molecule has 2 N–H and O–H groups in total. The fraction of sp³-hybridized carbons (Fsp3) is 0.261. The van der Waals surface area contributed by atoms with E-state index in [2.05, 4.69) is 16.0 Å². The number of anilines is 2. The molecule has 3 atom stereocenters. The average Bonchev–Trinajstić information content (AvgIpc) is 3.41. The molecule has 9 nitrogen and oxygen atoms in total. The third-order valence-electron chi connectivity index (χ3n) is 6.13. The quantitative estimate of drug-likeness (QED) is 0.478. The van der Waals surface area contributed by atoms with Crippen LogP contribution in [0.1, 0.15) is 30.7 Å². The van der Waals surface area contributed by atoms with Crippen LogP contribution < -0.4 is 16.2 Å². The summed E-state index contributed by atoms with van der Waals surface area (Å²) in [6.07, 6.45) is 1.97. The Labute approximate surface area is 198 Å². The molecule has 1 aliphatic rings. The number of alkyl halides is 1. The normalized spacial score (nSPS) is 18.8. The van der Waals surface area contributed by atoms with Crippen molar-refractivity contribution >= 4 is 28.9 Å². The first-order valence-electron chi connectivity index (χ1n) is 10.7. The average molecular weight is 479 g/mol. The summed E-state index contributed by atoms with van der Waals surface area (Å²) < 4.78 is 17.7. The van der Waals surface area contributed by atoms with Crippen molar-refractivity contribution in [3.05, 3.63) is 75.6 Å². The Morgan fingerprint density at radius 3 is 2.79 bits per heavy atom. The standard InChI is InChI=1S/C23H20ClFN8O/c1-13(18-9-15(25)12-31(18)21-14(10-26)11-28-23(27)29-21)20-30-32-8-7-17(24)19(32)22(34)33(20)16-5-3-2-4-6-16/h2-8,11,13,15,18H,9,12H2,1H3,(H2,27,28,29). The maximum absolute atomic E-state index is 14.8. The summed E-state index contributed by atoms with van der Waals surface area (Å²) in [5, 5.41) is 14.6. The maximum Gasteiger partial charge on any atom is 0.284 e. The highest BCUT2D eigenvalue weighted by atomic mass is 35.5. The van der Waals surface area contributed by atoms with Crippen molar-refractivity contribution < 1.29 is 4.39 Å². The van der Waals surface area contributed by atoms with Gasteiger partial charge < -0.3 is 10.6 Å². The summed E-state index contributed by atoms with van der Waals surface area (Å²) >= 11 is 6.28. The van der Waals surface area contributed by atoms with Crippen LogP contribution in [0.5, 0.6) is 0 Å². The number of aromatic nitrogens is 5. The van der Waals surface area contributed by atoms with Gasteiger partial charge in [-0.25, -0.2) is 13.9 Å². The molecule has 4 heterocycles. The fourth-order valence-electron chi connectivity index (χ4n) is 4.55. The lowest BCUT2D eigenvalue weighted by atomic mass is 9.97. The number of nitrogens with two attached hydrogens (primary N) is 1. The van der Waals surface area contributed by atoms with Crippen molar-refractivity contribution in [2.75, 3.05) is 17.2 Å². The van der Waals surface area contributed by atoms with E-state index in [0.717, 1.165) is 0 Å². The minimum Gasteiger partial charge on any atom is -0.368 e. The molecule has 1 fully saturated rings. The van der Waals surface area contributed by atoms with Crippen LogP contribution in [0.4, 0.5) is 16.2 Å². The van der Waals surface area contributed by atoms with Crippen molar-refractivity contribution in [3.63, 3.8) is 0 Å². The summed E-state index contributed by atoms with van der Waals surface area (Å²) in [5.74, 6) is 0.263. The highest BCUT2D eigenvalue weighted by Crippen LogP contribution is 2.36. The molecule has 4 aromatic rings. The fourth-order valence-corrected chi connectivity index (χ4v) is 4.78. The van der Waals surface area contributed by atoms with Crippen LogP contribution in [-0.4, -0.2) is 42.9 Å². The Morgan fingerprint density at radius 1 is 1.29 bits per heavy atom. The van der Waals surface area contributed by atoms with Gasteiger partial charge in [-0.05, 0) is 18.2 Å². The van der Waals surface area contributed by atoms with Gasteiger partial charge in [-0.15, -0.1) is 0 Å². The monoisotopic (exact) mass is 478 g/mol. The van der Waals surface area contributed by atoms with Gasteiger partial charge in [0.05, 0.1) is 23.5 Å². The van der Waals surface area contributed by atoms with Crippen LogP contribution in [0.15, 0.2) is 53.6 Å². The number of halogens is 2. The second-order valence-corrected chi connectivity index (χ2v) is 8.62. The Bertz CT molecular complexity index is 1480. The molecule has 1 saturated heterocycles. The number of hydrogen-bond acceptors (Lipinski definition) is 7. The molecule has 0 spiro atoms. The van der Waals surface area contributed by atoms with Gasteiger partial charge in [0.2, 0.25) is 5.95 Å². The van der Waals surface area contributed by atoms with E-state index in [-0.39, 0.29) is 41.4 Å². The highest BCUT2D eigenvalue weighted by molar-refractivity contribution is 6.33. The van der Waals surface area contributed by atoms with E-state index >= 15 is 0 Å². The zero-order valence-corrected chi connectivity index (χ0v) is 18.9. The molecule has 1 aromatic carbocycles. The Balaban J connectivity index is 1.69. The molecule has 0 radical (unpaired) electrons. The summed E-state index contributed by atoms with van der Waals surface area (Å²) in [4.78, 5) is 23.4. The number of rotatable bonds is 4. The molecule has 0 aliphatic carbocycles. The van der Waals surface area contributed by atoms with E-state index in [1.165, 1.54) is 15.3 Å². The van der Waals surface area contributed by atoms with Crippen LogP contribution in [0.3, 0.4) is 0 Å². The summed E-state index contributed by atoms with van der Waals surface area (Å²) in [6.45, 7) is 1.91. The predicted octanol–water partition coefficient (Wildman–Crippen LogP) is 3.10. The Hall–Kier alpha value is -3.97. The van der Waals surface area contributed by atoms with Crippen molar-refractivity contribution in [2.45, 2.75) is 31.5 Å². The van der Waals surface area contributed by atoms with Crippen molar-refractivity contribution in [1.29, 1.82) is 5.26 Å². The van der Waals surface area contributed by atoms with E-state index in [9.17, 15) is 14.4 Å². The number of hydrogen-bond donors (Lipinski definition) is 1. The van der Waals surface area contributed by atoms with Gasteiger partial charge in [-0.1, -0.05) is 36.7 Å². The minimum atomic E-state index is -1.16. The second kappa shape index (κ2) is 8.43. The Kier molecular flexibility index (Phi) is 5.42. The molecule has 34 heavy (non-hydrogen) atoms. The largest absolute Gasteiger partial charge is 0.368 e. The van der Waals surface area contributed by atoms with E-state index in [4.69, 9.17) is 22.4 Å². The lowest BCUT2D eigenvalue weighted by Crippen LogP contribution is -2.38. The summed E-state index contributed by atoms with van der Waals surface area (Å²) in [6, 6.07) is 12.3. The van der Waals surface area contributed by atoms with Gasteiger partial charge in [0, 0.05) is 24.6 Å². The third kappa shape index (κ3) is 3.54. The van der Waals surface area contributed by atoms with Gasteiger partial charge in [0.1, 0.15) is 29.1 Å². The zero-order chi connectivity index (χ0) is 24.0. The molecule has 3 unspecified atom stereocenters.